The van der Waals surface area contributed by atoms with E-state index in [1.165, 1.54) is 45.1 Å². The van der Waals surface area contributed by atoms with Crippen molar-refractivity contribution in [2.45, 2.75) is 91.3 Å². The lowest BCUT2D eigenvalue weighted by Crippen LogP contribution is -2.56. The molecule has 0 bridgehead atoms. The van der Waals surface area contributed by atoms with Crippen molar-refractivity contribution in [3.8, 4) is 0 Å². The number of hydrogen-bond acceptors (Lipinski definition) is 2. The quantitative estimate of drug-likeness (QED) is 0.749. The molecule has 0 heterocycles. The molecule has 0 amide bonds. The maximum Gasteiger partial charge on any atom is 0.0254 e. The van der Waals surface area contributed by atoms with Crippen molar-refractivity contribution < 1.29 is 0 Å². The number of nitrogens with one attached hydrogen (secondary N) is 1. The predicted octanol–water partition coefficient (Wildman–Crippen LogP) is 4.05. The van der Waals surface area contributed by atoms with Crippen LogP contribution in [-0.2, 0) is 0 Å². The summed E-state index contributed by atoms with van der Waals surface area (Å²) in [5, 5.41) is 3.80. The Morgan fingerprint density at radius 3 is 2.37 bits per heavy atom. The van der Waals surface area contributed by atoms with Crippen molar-refractivity contribution in [2.24, 2.45) is 5.41 Å². The molecule has 0 aromatic rings. The molecule has 1 fully saturated rings. The summed E-state index contributed by atoms with van der Waals surface area (Å²) in [6, 6.07) is 2.14. The Morgan fingerprint density at radius 1 is 1.21 bits per heavy atom. The third-order valence-electron chi connectivity index (χ3n) is 5.06. The molecule has 1 N–H and O–H groups in total. The Hall–Kier alpha value is -0.0800. The van der Waals surface area contributed by atoms with Crippen LogP contribution < -0.4 is 5.32 Å². The maximum absolute atomic E-state index is 3.80. The van der Waals surface area contributed by atoms with Gasteiger partial charge in [0.25, 0.3) is 0 Å². The first kappa shape index (κ1) is 17.0. The summed E-state index contributed by atoms with van der Waals surface area (Å²) in [7, 11) is 2.35. The molecule has 2 heteroatoms. The van der Waals surface area contributed by atoms with E-state index in [4.69, 9.17) is 0 Å². The van der Waals surface area contributed by atoms with E-state index in [9.17, 15) is 0 Å². The molecule has 1 saturated carbocycles. The zero-order valence-electron chi connectivity index (χ0n) is 14.1. The Morgan fingerprint density at radius 2 is 1.84 bits per heavy atom. The summed E-state index contributed by atoms with van der Waals surface area (Å²) < 4.78 is 0. The van der Waals surface area contributed by atoms with Crippen LogP contribution >= 0.6 is 0 Å². The van der Waals surface area contributed by atoms with Gasteiger partial charge in [-0.15, -0.1) is 0 Å². The summed E-state index contributed by atoms with van der Waals surface area (Å²) in [5.74, 6) is 0. The van der Waals surface area contributed by atoms with Gasteiger partial charge in [0.2, 0.25) is 0 Å². The number of rotatable bonds is 7. The zero-order chi connectivity index (χ0) is 14.5. The molecule has 1 aliphatic carbocycles. The lowest BCUT2D eigenvalue weighted by molar-refractivity contribution is 0.0521. The van der Waals surface area contributed by atoms with Crippen molar-refractivity contribution >= 4 is 0 Å². The van der Waals surface area contributed by atoms with Crippen molar-refractivity contribution in [3.05, 3.63) is 0 Å². The van der Waals surface area contributed by atoms with E-state index in [-0.39, 0.29) is 0 Å². The number of nitrogens with zero attached hydrogens (tertiary/aromatic N) is 1. The molecule has 1 rings (SSSR count). The average molecular weight is 268 g/mol. The van der Waals surface area contributed by atoms with Gasteiger partial charge in [-0.3, -0.25) is 4.90 Å². The molecule has 2 nitrogen and oxygen atoms in total. The van der Waals surface area contributed by atoms with Gasteiger partial charge in [-0.25, -0.2) is 0 Å². The molecule has 0 aromatic heterocycles. The first-order chi connectivity index (χ1) is 8.95. The minimum Gasteiger partial charge on any atom is -0.312 e. The van der Waals surface area contributed by atoms with Crippen LogP contribution in [-0.4, -0.2) is 36.6 Å². The fraction of sp³-hybridized carbons (Fsp3) is 1.00. The van der Waals surface area contributed by atoms with Crippen LogP contribution in [0.3, 0.4) is 0 Å². The van der Waals surface area contributed by atoms with Crippen molar-refractivity contribution in [1.29, 1.82) is 0 Å². The number of hydrogen-bond donors (Lipinski definition) is 1. The van der Waals surface area contributed by atoms with Crippen LogP contribution in [0.4, 0.5) is 0 Å². The molecule has 0 radical (unpaired) electrons. The fourth-order valence-corrected chi connectivity index (χ4v) is 3.68. The van der Waals surface area contributed by atoms with Crippen LogP contribution in [0.15, 0.2) is 0 Å². The second kappa shape index (κ2) is 7.64. The Kier molecular flexibility index (Phi) is 6.82. The third-order valence-corrected chi connectivity index (χ3v) is 5.06. The zero-order valence-corrected chi connectivity index (χ0v) is 14.1. The van der Waals surface area contributed by atoms with Crippen LogP contribution in [0.25, 0.3) is 0 Å². The average Bonchev–Trinajstić information content (AvgIpc) is 2.38. The fourth-order valence-electron chi connectivity index (χ4n) is 3.68. The smallest absolute Gasteiger partial charge is 0.0254 e. The van der Waals surface area contributed by atoms with Crippen molar-refractivity contribution in [2.75, 3.05) is 13.6 Å². The molecule has 2 atom stereocenters. The minimum absolute atomic E-state index is 0.509. The Balaban J connectivity index is 2.74. The summed E-state index contributed by atoms with van der Waals surface area (Å²) in [5.41, 5.74) is 0.509. The van der Waals surface area contributed by atoms with Crippen LogP contribution in [0.1, 0.15) is 73.1 Å². The topological polar surface area (TPSA) is 15.3 Å². The first-order valence-electron chi connectivity index (χ1n) is 8.40. The van der Waals surface area contributed by atoms with Gasteiger partial charge in [-0.05, 0) is 57.5 Å². The molecule has 19 heavy (non-hydrogen) atoms. The summed E-state index contributed by atoms with van der Waals surface area (Å²) in [4.78, 5) is 2.67. The molecular weight excluding hydrogens is 232 g/mol. The highest BCUT2D eigenvalue weighted by atomic mass is 15.2. The van der Waals surface area contributed by atoms with E-state index >= 15 is 0 Å². The van der Waals surface area contributed by atoms with Gasteiger partial charge in [0.1, 0.15) is 0 Å². The maximum atomic E-state index is 3.80. The summed E-state index contributed by atoms with van der Waals surface area (Å²) in [6.07, 6.45) is 7.81. The molecule has 1 aliphatic rings. The number of likely N-dealkylation sites (N-methyl/N-ethyl adjacent to an activating group) is 1. The molecule has 0 saturated heterocycles. The minimum atomic E-state index is 0.509. The second-order valence-corrected chi connectivity index (χ2v) is 7.17. The highest BCUT2D eigenvalue weighted by Gasteiger charge is 2.37. The van der Waals surface area contributed by atoms with Gasteiger partial charge in [0.05, 0.1) is 0 Å². The highest BCUT2D eigenvalue weighted by molar-refractivity contribution is 4.95. The predicted molar refractivity (Wildman–Crippen MR) is 85.6 cm³/mol. The third kappa shape index (κ3) is 4.75. The SMILES string of the molecule is CCCNC1CCC(C)(C)CC1N(C)C(CC)CC. The molecule has 0 spiro atoms. The molecule has 2 unspecified atom stereocenters. The van der Waals surface area contributed by atoms with E-state index in [1.807, 2.05) is 0 Å². The Bertz CT molecular complexity index is 246. The van der Waals surface area contributed by atoms with Gasteiger partial charge in [0, 0.05) is 18.1 Å². The summed E-state index contributed by atoms with van der Waals surface area (Å²) in [6.45, 7) is 13.0. The largest absolute Gasteiger partial charge is 0.312 e. The second-order valence-electron chi connectivity index (χ2n) is 7.17. The first-order valence-corrected chi connectivity index (χ1v) is 8.40. The van der Waals surface area contributed by atoms with Gasteiger partial charge in [-0.2, -0.15) is 0 Å². The van der Waals surface area contributed by atoms with Crippen LogP contribution in [0.2, 0.25) is 0 Å². The Labute approximate surface area is 121 Å². The van der Waals surface area contributed by atoms with Gasteiger partial charge < -0.3 is 5.32 Å². The lowest BCUT2D eigenvalue weighted by Gasteiger charge is -2.47. The highest BCUT2D eigenvalue weighted by Crippen LogP contribution is 2.38. The molecule has 114 valence electrons. The molecule has 0 aliphatic heterocycles. The van der Waals surface area contributed by atoms with Crippen molar-refractivity contribution in [3.63, 3.8) is 0 Å². The van der Waals surface area contributed by atoms with E-state index in [2.05, 4.69) is 51.9 Å². The van der Waals surface area contributed by atoms with Gasteiger partial charge in [0.15, 0.2) is 0 Å². The lowest BCUT2D eigenvalue weighted by atomic mass is 9.72. The van der Waals surface area contributed by atoms with Gasteiger partial charge >= 0.3 is 0 Å². The van der Waals surface area contributed by atoms with E-state index in [1.54, 1.807) is 0 Å². The monoisotopic (exact) mass is 268 g/mol. The van der Waals surface area contributed by atoms with Gasteiger partial charge in [-0.1, -0.05) is 34.6 Å². The van der Waals surface area contributed by atoms with E-state index in [0.29, 0.717) is 17.5 Å². The normalized spacial score (nSPS) is 27.2. The molecule has 0 aromatic carbocycles. The van der Waals surface area contributed by atoms with E-state index in [0.717, 1.165) is 6.04 Å². The summed E-state index contributed by atoms with van der Waals surface area (Å²) >= 11 is 0. The van der Waals surface area contributed by atoms with E-state index < -0.39 is 0 Å². The molecular formula is C17H36N2. The van der Waals surface area contributed by atoms with Crippen molar-refractivity contribution in [1.82, 2.24) is 10.2 Å². The van der Waals surface area contributed by atoms with Crippen LogP contribution in [0, 0.1) is 5.41 Å². The van der Waals surface area contributed by atoms with Crippen LogP contribution in [0.5, 0.6) is 0 Å². The standard InChI is InChI=1S/C17H36N2/c1-7-12-18-15-10-11-17(4,5)13-16(15)19(6)14(8-2)9-3/h14-16,18H,7-13H2,1-6H3.